The summed E-state index contributed by atoms with van der Waals surface area (Å²) in [6.45, 7) is 0.666. The molecular formula is C10H18O6. The third-order valence-corrected chi connectivity index (χ3v) is 2.77. The van der Waals surface area contributed by atoms with Gasteiger partial charge < -0.3 is 28.4 Å². The van der Waals surface area contributed by atoms with Crippen molar-refractivity contribution < 1.29 is 28.4 Å². The molecule has 0 spiro atoms. The molecule has 0 aromatic carbocycles. The maximum absolute atomic E-state index is 5.69. The van der Waals surface area contributed by atoms with Crippen molar-refractivity contribution >= 4 is 0 Å². The molecule has 0 bridgehead atoms. The summed E-state index contributed by atoms with van der Waals surface area (Å²) >= 11 is 0. The number of methoxy groups -OCH3 is 3. The lowest BCUT2D eigenvalue weighted by atomic mass is 10.1. The Morgan fingerprint density at radius 3 is 2.44 bits per heavy atom. The van der Waals surface area contributed by atoms with Crippen LogP contribution in [0.15, 0.2) is 0 Å². The molecular weight excluding hydrogens is 216 g/mol. The SMILES string of the molecule is COCO[C@@H]1[C@@H]2O[C@@H]2[C@H](OC)O[C@@H]1COC. The molecule has 0 aliphatic carbocycles. The first-order valence-electron chi connectivity index (χ1n) is 5.25. The van der Waals surface area contributed by atoms with E-state index >= 15 is 0 Å². The molecule has 2 aliphatic heterocycles. The van der Waals surface area contributed by atoms with E-state index in [9.17, 15) is 0 Å². The van der Waals surface area contributed by atoms with Crippen LogP contribution >= 0.6 is 0 Å². The van der Waals surface area contributed by atoms with E-state index in [0.29, 0.717) is 6.61 Å². The largest absolute Gasteiger partial charge is 0.382 e. The van der Waals surface area contributed by atoms with Gasteiger partial charge in [0, 0.05) is 21.3 Å². The number of epoxide rings is 1. The van der Waals surface area contributed by atoms with E-state index in [1.165, 1.54) is 0 Å². The Labute approximate surface area is 94.7 Å². The molecule has 0 radical (unpaired) electrons. The van der Waals surface area contributed by atoms with Gasteiger partial charge in [-0.25, -0.2) is 0 Å². The van der Waals surface area contributed by atoms with Crippen LogP contribution in [0.3, 0.4) is 0 Å². The summed E-state index contributed by atoms with van der Waals surface area (Å²) in [6, 6.07) is 0. The second kappa shape index (κ2) is 5.39. The normalized spacial score (nSPS) is 41.8. The summed E-state index contributed by atoms with van der Waals surface area (Å²) in [6.07, 6.45) is -0.674. The molecule has 2 aliphatic rings. The maximum Gasteiger partial charge on any atom is 0.186 e. The summed E-state index contributed by atoms with van der Waals surface area (Å²) in [5.41, 5.74) is 0. The number of hydrogen-bond donors (Lipinski definition) is 0. The van der Waals surface area contributed by atoms with Gasteiger partial charge in [-0.05, 0) is 0 Å². The van der Waals surface area contributed by atoms with E-state index in [-0.39, 0.29) is 37.5 Å². The minimum atomic E-state index is -0.326. The summed E-state index contributed by atoms with van der Waals surface area (Å²) < 4.78 is 31.9. The van der Waals surface area contributed by atoms with E-state index in [4.69, 9.17) is 28.4 Å². The van der Waals surface area contributed by atoms with Crippen molar-refractivity contribution in [1.82, 2.24) is 0 Å². The smallest absolute Gasteiger partial charge is 0.186 e. The van der Waals surface area contributed by atoms with Crippen LogP contribution in [0.1, 0.15) is 0 Å². The van der Waals surface area contributed by atoms with Crippen LogP contribution in [0.2, 0.25) is 0 Å². The van der Waals surface area contributed by atoms with E-state index in [2.05, 4.69) is 0 Å². The number of ether oxygens (including phenoxy) is 6. The van der Waals surface area contributed by atoms with E-state index in [1.807, 2.05) is 0 Å². The average molecular weight is 234 g/mol. The molecule has 5 atom stereocenters. The summed E-state index contributed by atoms with van der Waals surface area (Å²) in [4.78, 5) is 0. The van der Waals surface area contributed by atoms with Crippen molar-refractivity contribution in [2.75, 3.05) is 34.7 Å². The van der Waals surface area contributed by atoms with Gasteiger partial charge in [0.25, 0.3) is 0 Å². The van der Waals surface area contributed by atoms with Crippen molar-refractivity contribution in [1.29, 1.82) is 0 Å². The second-order valence-corrected chi connectivity index (χ2v) is 3.84. The molecule has 16 heavy (non-hydrogen) atoms. The molecule has 94 valence electrons. The lowest BCUT2D eigenvalue weighted by Gasteiger charge is -2.32. The van der Waals surface area contributed by atoms with Crippen LogP contribution in [0.4, 0.5) is 0 Å². The molecule has 0 unspecified atom stereocenters. The molecule has 6 nitrogen and oxygen atoms in total. The monoisotopic (exact) mass is 234 g/mol. The van der Waals surface area contributed by atoms with Crippen LogP contribution in [0.5, 0.6) is 0 Å². The standard InChI is InChI=1S/C10H18O6/c1-11-4-6-7(14-5-12-2)8-9(16-8)10(13-3)15-6/h6-10H,4-5H2,1-3H3/t6-,7+,8+,9+,10-/m1/s1. The molecule has 6 heteroatoms. The van der Waals surface area contributed by atoms with E-state index < -0.39 is 0 Å². The van der Waals surface area contributed by atoms with E-state index in [1.54, 1.807) is 21.3 Å². The van der Waals surface area contributed by atoms with Gasteiger partial charge in [0.1, 0.15) is 31.2 Å². The van der Waals surface area contributed by atoms with Gasteiger partial charge in [0.15, 0.2) is 6.29 Å². The van der Waals surface area contributed by atoms with E-state index in [0.717, 1.165) is 0 Å². The zero-order chi connectivity index (χ0) is 11.5. The topological polar surface area (TPSA) is 58.7 Å². The van der Waals surface area contributed by atoms with Crippen LogP contribution in [0, 0.1) is 0 Å². The summed E-state index contributed by atoms with van der Waals surface area (Å²) in [7, 11) is 4.81. The van der Waals surface area contributed by atoms with Gasteiger partial charge >= 0.3 is 0 Å². The Balaban J connectivity index is 1.93. The van der Waals surface area contributed by atoms with Crippen molar-refractivity contribution in [3.8, 4) is 0 Å². The van der Waals surface area contributed by atoms with Gasteiger partial charge in [-0.3, -0.25) is 0 Å². The van der Waals surface area contributed by atoms with Crippen molar-refractivity contribution in [2.24, 2.45) is 0 Å². The fraction of sp³-hybridized carbons (Fsp3) is 1.00. The highest BCUT2D eigenvalue weighted by Gasteiger charge is 2.58. The molecule has 2 rings (SSSR count). The predicted molar refractivity (Wildman–Crippen MR) is 53.0 cm³/mol. The first-order chi connectivity index (χ1) is 7.81. The minimum absolute atomic E-state index is 0.0222. The Morgan fingerprint density at radius 2 is 1.81 bits per heavy atom. The first-order valence-corrected chi connectivity index (χ1v) is 5.25. The molecule has 0 aromatic rings. The second-order valence-electron chi connectivity index (χ2n) is 3.84. The molecule has 0 amide bonds. The average Bonchev–Trinajstić information content (AvgIpc) is 3.07. The molecule has 2 saturated heterocycles. The lowest BCUT2D eigenvalue weighted by Crippen LogP contribution is -2.49. The molecule has 0 N–H and O–H groups in total. The van der Waals surface area contributed by atoms with Crippen LogP contribution in [-0.2, 0) is 28.4 Å². The third kappa shape index (κ3) is 2.37. The number of rotatable bonds is 6. The summed E-state index contributed by atoms with van der Waals surface area (Å²) in [5.74, 6) is 0. The van der Waals surface area contributed by atoms with Crippen molar-refractivity contribution in [3.05, 3.63) is 0 Å². The quantitative estimate of drug-likeness (QED) is 0.467. The highest BCUT2D eigenvalue weighted by molar-refractivity contribution is 5.01. The fourth-order valence-corrected chi connectivity index (χ4v) is 2.00. The van der Waals surface area contributed by atoms with Crippen LogP contribution in [-0.4, -0.2) is 65.4 Å². The van der Waals surface area contributed by atoms with Gasteiger partial charge in [-0.2, -0.15) is 0 Å². The zero-order valence-electron chi connectivity index (χ0n) is 9.75. The maximum atomic E-state index is 5.69. The number of fused-ring (bicyclic) bond motifs is 1. The van der Waals surface area contributed by atoms with Crippen LogP contribution in [0.25, 0.3) is 0 Å². The first kappa shape index (κ1) is 12.2. The molecule has 0 saturated carbocycles. The van der Waals surface area contributed by atoms with Gasteiger partial charge in [-0.1, -0.05) is 0 Å². The number of hydrogen-bond acceptors (Lipinski definition) is 6. The molecule has 2 heterocycles. The van der Waals surface area contributed by atoms with Crippen molar-refractivity contribution in [2.45, 2.75) is 30.7 Å². The summed E-state index contributed by atoms with van der Waals surface area (Å²) in [5, 5.41) is 0. The third-order valence-electron chi connectivity index (χ3n) is 2.77. The highest BCUT2D eigenvalue weighted by Crippen LogP contribution is 2.39. The molecule has 2 fully saturated rings. The fourth-order valence-electron chi connectivity index (χ4n) is 2.00. The highest BCUT2D eigenvalue weighted by atomic mass is 16.8. The Kier molecular flexibility index (Phi) is 4.12. The Morgan fingerprint density at radius 1 is 1.00 bits per heavy atom. The zero-order valence-corrected chi connectivity index (χ0v) is 9.75. The minimum Gasteiger partial charge on any atom is -0.382 e. The lowest BCUT2D eigenvalue weighted by molar-refractivity contribution is -0.228. The Bertz CT molecular complexity index is 223. The molecule has 0 aromatic heterocycles. The van der Waals surface area contributed by atoms with Crippen molar-refractivity contribution in [3.63, 3.8) is 0 Å². The van der Waals surface area contributed by atoms with Gasteiger partial charge in [0.2, 0.25) is 0 Å². The van der Waals surface area contributed by atoms with Gasteiger partial charge in [-0.15, -0.1) is 0 Å². The predicted octanol–water partition coefficient (Wildman–Crippen LogP) is -0.239. The van der Waals surface area contributed by atoms with Crippen LogP contribution < -0.4 is 0 Å². The Hall–Kier alpha value is -0.240. The van der Waals surface area contributed by atoms with Gasteiger partial charge in [0.05, 0.1) is 6.61 Å².